The van der Waals surface area contributed by atoms with Gasteiger partial charge in [-0.1, -0.05) is 12.1 Å². The van der Waals surface area contributed by atoms with Crippen molar-refractivity contribution in [3.8, 4) is 16.9 Å². The van der Waals surface area contributed by atoms with Gasteiger partial charge in [0.1, 0.15) is 22.2 Å². The first kappa shape index (κ1) is 15.7. The second-order valence-electron chi connectivity index (χ2n) is 5.10. The molecule has 0 aliphatic heterocycles. The van der Waals surface area contributed by atoms with Gasteiger partial charge in [-0.15, -0.1) is 11.3 Å². The summed E-state index contributed by atoms with van der Waals surface area (Å²) in [5, 5.41) is 6.54. The number of anilines is 1. The molecule has 0 amide bonds. The average Bonchev–Trinajstić information content (AvgIpc) is 2.99. The zero-order valence-electron chi connectivity index (χ0n) is 13.4. The normalized spacial score (nSPS) is 10.9. The van der Waals surface area contributed by atoms with Gasteiger partial charge >= 0.3 is 0 Å². The Morgan fingerprint density at radius 1 is 1.13 bits per heavy atom. The monoisotopic (exact) mass is 329 g/mol. The summed E-state index contributed by atoms with van der Waals surface area (Å²) in [5.74, 6) is 2.47. The number of aryl methyl sites for hydroxylation is 1. The van der Waals surface area contributed by atoms with E-state index in [9.17, 15) is 0 Å². The van der Waals surface area contributed by atoms with Crippen LogP contribution in [0.3, 0.4) is 0 Å². The van der Waals surface area contributed by atoms with Crippen molar-refractivity contribution in [1.29, 1.82) is 0 Å². The summed E-state index contributed by atoms with van der Waals surface area (Å²) in [6.07, 6.45) is 0. The molecule has 1 N–H and O–H groups in total. The maximum absolute atomic E-state index is 5.23. The number of aromatic nitrogens is 2. The molecular formula is C17H19N3O2S. The van der Waals surface area contributed by atoms with E-state index < -0.39 is 0 Å². The van der Waals surface area contributed by atoms with Crippen LogP contribution in [0.1, 0.15) is 5.82 Å². The lowest BCUT2D eigenvalue weighted by atomic mass is 10.1. The highest BCUT2D eigenvalue weighted by Crippen LogP contribution is 2.37. The minimum atomic E-state index is 0.631. The number of fused-ring (bicyclic) bond motifs is 1. The van der Waals surface area contributed by atoms with Crippen LogP contribution in [0.15, 0.2) is 29.6 Å². The first-order valence-electron chi connectivity index (χ1n) is 7.36. The first-order chi connectivity index (χ1) is 11.2. The lowest BCUT2D eigenvalue weighted by molar-refractivity contribution is 0.210. The van der Waals surface area contributed by atoms with Gasteiger partial charge in [-0.05, 0) is 24.6 Å². The molecule has 0 aliphatic carbocycles. The Morgan fingerprint density at radius 3 is 2.61 bits per heavy atom. The molecule has 0 radical (unpaired) electrons. The summed E-state index contributed by atoms with van der Waals surface area (Å²) < 4.78 is 10.3. The van der Waals surface area contributed by atoms with Crippen molar-refractivity contribution in [1.82, 2.24) is 9.97 Å². The van der Waals surface area contributed by atoms with Crippen molar-refractivity contribution >= 4 is 27.4 Å². The van der Waals surface area contributed by atoms with Gasteiger partial charge < -0.3 is 14.8 Å². The number of benzene rings is 1. The molecule has 3 aromatic rings. The van der Waals surface area contributed by atoms with Gasteiger partial charge in [-0.25, -0.2) is 9.97 Å². The van der Waals surface area contributed by atoms with Gasteiger partial charge in [0.15, 0.2) is 0 Å². The van der Waals surface area contributed by atoms with Crippen LogP contribution in [0.2, 0.25) is 0 Å². The fourth-order valence-electron chi connectivity index (χ4n) is 2.43. The van der Waals surface area contributed by atoms with Gasteiger partial charge in [-0.3, -0.25) is 0 Å². The molecule has 2 heterocycles. The molecule has 0 aliphatic rings. The summed E-state index contributed by atoms with van der Waals surface area (Å²) in [4.78, 5) is 10.1. The van der Waals surface area contributed by atoms with E-state index in [1.165, 1.54) is 0 Å². The molecule has 1 aromatic carbocycles. The van der Waals surface area contributed by atoms with Crippen LogP contribution < -0.4 is 10.1 Å². The van der Waals surface area contributed by atoms with E-state index in [-0.39, 0.29) is 0 Å². The molecule has 3 rings (SSSR count). The molecule has 0 bridgehead atoms. The number of hydrogen-bond donors (Lipinski definition) is 1. The summed E-state index contributed by atoms with van der Waals surface area (Å²) in [6, 6.07) is 8.04. The average molecular weight is 329 g/mol. The smallest absolute Gasteiger partial charge is 0.139 e. The zero-order valence-corrected chi connectivity index (χ0v) is 14.2. The largest absolute Gasteiger partial charge is 0.497 e. The van der Waals surface area contributed by atoms with Crippen molar-refractivity contribution in [3.63, 3.8) is 0 Å². The van der Waals surface area contributed by atoms with Crippen molar-refractivity contribution in [3.05, 3.63) is 35.5 Å². The Bertz CT molecular complexity index is 799. The fourth-order valence-corrected chi connectivity index (χ4v) is 3.42. The summed E-state index contributed by atoms with van der Waals surface area (Å²) in [6.45, 7) is 3.25. The number of hydrogen-bond acceptors (Lipinski definition) is 6. The number of ether oxygens (including phenoxy) is 2. The molecule has 2 aromatic heterocycles. The van der Waals surface area contributed by atoms with Crippen molar-refractivity contribution in [2.75, 3.05) is 32.7 Å². The van der Waals surface area contributed by atoms with E-state index in [1.807, 2.05) is 19.1 Å². The molecule has 0 unspecified atom stereocenters. The van der Waals surface area contributed by atoms with Crippen molar-refractivity contribution < 1.29 is 9.47 Å². The maximum atomic E-state index is 5.23. The van der Waals surface area contributed by atoms with E-state index in [0.29, 0.717) is 13.2 Å². The van der Waals surface area contributed by atoms with Gasteiger partial charge in [0, 0.05) is 24.6 Å². The van der Waals surface area contributed by atoms with E-state index in [2.05, 4.69) is 32.8 Å². The Balaban J connectivity index is 2.06. The molecular weight excluding hydrogens is 310 g/mol. The minimum Gasteiger partial charge on any atom is -0.497 e. The molecule has 120 valence electrons. The molecule has 0 fully saturated rings. The predicted molar refractivity (Wildman–Crippen MR) is 94.5 cm³/mol. The van der Waals surface area contributed by atoms with Crippen LogP contribution in [0, 0.1) is 6.92 Å². The highest BCUT2D eigenvalue weighted by atomic mass is 32.1. The molecule has 6 heteroatoms. The quantitative estimate of drug-likeness (QED) is 0.698. The predicted octanol–water partition coefficient (Wildman–Crippen LogP) is 3.73. The third kappa shape index (κ3) is 3.28. The number of nitrogens with one attached hydrogen (secondary N) is 1. The van der Waals surface area contributed by atoms with Gasteiger partial charge in [0.2, 0.25) is 0 Å². The third-order valence-electron chi connectivity index (χ3n) is 3.55. The van der Waals surface area contributed by atoms with E-state index in [0.717, 1.165) is 38.7 Å². The van der Waals surface area contributed by atoms with Crippen LogP contribution in [0.25, 0.3) is 21.3 Å². The molecule has 0 saturated heterocycles. The summed E-state index contributed by atoms with van der Waals surface area (Å²) in [5.41, 5.74) is 2.26. The van der Waals surface area contributed by atoms with Gasteiger partial charge in [-0.2, -0.15) is 0 Å². The number of methoxy groups -OCH3 is 2. The molecule has 0 saturated carbocycles. The van der Waals surface area contributed by atoms with Crippen LogP contribution in [-0.4, -0.2) is 37.3 Å². The molecule has 0 atom stereocenters. The van der Waals surface area contributed by atoms with Crippen LogP contribution in [0.4, 0.5) is 5.82 Å². The highest BCUT2D eigenvalue weighted by molar-refractivity contribution is 7.17. The van der Waals surface area contributed by atoms with Crippen LogP contribution in [0.5, 0.6) is 5.75 Å². The Labute approximate surface area is 139 Å². The maximum Gasteiger partial charge on any atom is 0.139 e. The number of rotatable bonds is 6. The van der Waals surface area contributed by atoms with E-state index in [4.69, 9.17) is 9.47 Å². The second-order valence-corrected chi connectivity index (χ2v) is 5.96. The van der Waals surface area contributed by atoms with Crippen LogP contribution in [-0.2, 0) is 4.74 Å². The number of nitrogens with zero attached hydrogens (tertiary/aromatic N) is 2. The molecule has 23 heavy (non-hydrogen) atoms. The Hall–Kier alpha value is -2.18. The topological polar surface area (TPSA) is 56.3 Å². The van der Waals surface area contributed by atoms with E-state index in [1.54, 1.807) is 25.6 Å². The Morgan fingerprint density at radius 2 is 1.91 bits per heavy atom. The molecule has 5 nitrogen and oxygen atoms in total. The van der Waals surface area contributed by atoms with E-state index >= 15 is 0 Å². The summed E-state index contributed by atoms with van der Waals surface area (Å²) >= 11 is 1.63. The summed E-state index contributed by atoms with van der Waals surface area (Å²) in [7, 11) is 3.36. The minimum absolute atomic E-state index is 0.631. The standard InChI is InChI=1S/C17H19N3O2S/c1-11-19-16(18-8-9-21-2)15-14(10-23-17(15)20-11)12-4-6-13(22-3)7-5-12/h4-7,10H,8-9H2,1-3H3,(H,18,19,20). The third-order valence-corrected chi connectivity index (χ3v) is 4.42. The van der Waals surface area contributed by atoms with Crippen molar-refractivity contribution in [2.45, 2.75) is 6.92 Å². The molecule has 0 spiro atoms. The Kier molecular flexibility index (Phi) is 4.73. The first-order valence-corrected chi connectivity index (χ1v) is 8.24. The highest BCUT2D eigenvalue weighted by Gasteiger charge is 2.14. The lowest BCUT2D eigenvalue weighted by Crippen LogP contribution is -2.10. The van der Waals surface area contributed by atoms with Gasteiger partial charge in [0.05, 0.1) is 19.1 Å². The SMILES string of the molecule is COCCNc1nc(C)nc2scc(-c3ccc(OC)cc3)c12. The van der Waals surface area contributed by atoms with Crippen molar-refractivity contribution in [2.24, 2.45) is 0 Å². The zero-order chi connectivity index (χ0) is 16.2. The lowest BCUT2D eigenvalue weighted by Gasteiger charge is -2.09. The van der Waals surface area contributed by atoms with Crippen LogP contribution >= 0.6 is 11.3 Å². The second kappa shape index (κ2) is 6.93. The fraction of sp³-hybridized carbons (Fsp3) is 0.294. The van der Waals surface area contributed by atoms with Gasteiger partial charge in [0.25, 0.3) is 0 Å². The number of thiophene rings is 1.